The molecule has 1 aromatic rings. The van der Waals surface area contributed by atoms with E-state index in [1.807, 2.05) is 4.90 Å². The molecule has 9 heteroatoms. The monoisotopic (exact) mass is 560 g/mol. The first kappa shape index (κ1) is 25.0. The Morgan fingerprint density at radius 1 is 1.25 bits per heavy atom. The second kappa shape index (κ2) is 12.0. The van der Waals surface area contributed by atoms with Gasteiger partial charge in [0.15, 0.2) is 12.8 Å². The van der Waals surface area contributed by atoms with Gasteiger partial charge in [-0.2, -0.15) is 0 Å². The largest absolute Gasteiger partial charge is 0.467 e. The number of carbonyl (C=O) groups excluding carboxylic acids is 1. The van der Waals surface area contributed by atoms with E-state index in [4.69, 9.17) is 9.47 Å². The van der Waals surface area contributed by atoms with Gasteiger partial charge < -0.3 is 25.0 Å². The Kier molecular flexibility index (Phi) is 9.39. The molecule has 1 unspecified atom stereocenters. The number of aliphatic imine (C=N–C) groups is 1. The van der Waals surface area contributed by atoms with Gasteiger partial charge in [0, 0.05) is 44.2 Å². The van der Waals surface area contributed by atoms with Crippen molar-refractivity contribution < 1.29 is 18.7 Å². The molecule has 0 spiro atoms. The van der Waals surface area contributed by atoms with Crippen LogP contribution in [0.2, 0.25) is 0 Å². The number of nitrogens with one attached hydrogen (secondary N) is 2. The molecule has 178 valence electrons. The number of ether oxygens (including phenoxy) is 2. The first-order valence-electron chi connectivity index (χ1n) is 11.4. The molecule has 1 aliphatic carbocycles. The number of hydrogen-bond acceptors (Lipinski definition) is 4. The summed E-state index contributed by atoms with van der Waals surface area (Å²) in [7, 11) is 1.74. The number of fused-ring (bicyclic) bond motifs is 1. The van der Waals surface area contributed by atoms with E-state index in [0.29, 0.717) is 31.4 Å². The zero-order valence-corrected chi connectivity index (χ0v) is 21.0. The molecule has 0 bridgehead atoms. The average molecular weight is 560 g/mol. The van der Waals surface area contributed by atoms with E-state index in [9.17, 15) is 9.18 Å². The number of hydrogen-bond donors (Lipinski definition) is 2. The minimum Gasteiger partial charge on any atom is -0.467 e. The second-order valence-corrected chi connectivity index (χ2v) is 8.66. The predicted molar refractivity (Wildman–Crippen MR) is 132 cm³/mol. The van der Waals surface area contributed by atoms with Crippen LogP contribution in [0.1, 0.15) is 49.7 Å². The number of benzene rings is 1. The van der Waals surface area contributed by atoms with Gasteiger partial charge in [0.1, 0.15) is 11.6 Å². The van der Waals surface area contributed by atoms with Crippen molar-refractivity contribution in [3.8, 4) is 5.75 Å². The number of guanidine groups is 1. The molecular weight excluding hydrogens is 526 g/mol. The van der Waals surface area contributed by atoms with Gasteiger partial charge in [-0.05, 0) is 43.4 Å². The predicted octanol–water partition coefficient (Wildman–Crippen LogP) is 3.20. The van der Waals surface area contributed by atoms with Crippen LogP contribution in [0, 0.1) is 11.7 Å². The fourth-order valence-electron chi connectivity index (χ4n) is 4.83. The Morgan fingerprint density at radius 2 is 2.06 bits per heavy atom. The van der Waals surface area contributed by atoms with E-state index in [1.165, 1.54) is 31.4 Å². The molecule has 7 nitrogen and oxygen atoms in total. The lowest BCUT2D eigenvalue weighted by Crippen LogP contribution is -2.46. The lowest BCUT2D eigenvalue weighted by molar-refractivity contribution is -0.135. The highest BCUT2D eigenvalue weighted by Gasteiger charge is 2.31. The molecule has 0 radical (unpaired) electrons. The van der Waals surface area contributed by atoms with Gasteiger partial charge in [0.05, 0.1) is 6.61 Å². The topological polar surface area (TPSA) is 75.2 Å². The third-order valence-electron chi connectivity index (χ3n) is 6.46. The van der Waals surface area contributed by atoms with Crippen molar-refractivity contribution >= 4 is 35.8 Å². The number of amides is 1. The van der Waals surface area contributed by atoms with Crippen molar-refractivity contribution in [3.63, 3.8) is 0 Å². The number of rotatable bonds is 5. The zero-order valence-electron chi connectivity index (χ0n) is 18.7. The minimum atomic E-state index is -0.279. The van der Waals surface area contributed by atoms with Crippen LogP contribution in [0.3, 0.4) is 0 Å². The highest BCUT2D eigenvalue weighted by Crippen LogP contribution is 2.30. The van der Waals surface area contributed by atoms with E-state index in [-0.39, 0.29) is 48.5 Å². The van der Waals surface area contributed by atoms with Gasteiger partial charge in [0.2, 0.25) is 5.91 Å². The molecule has 2 heterocycles. The minimum absolute atomic E-state index is 0. The highest BCUT2D eigenvalue weighted by molar-refractivity contribution is 14.0. The van der Waals surface area contributed by atoms with E-state index in [0.717, 1.165) is 49.2 Å². The Balaban J connectivity index is 0.00000289. The maximum Gasteiger partial charge on any atom is 0.225 e. The van der Waals surface area contributed by atoms with Crippen LogP contribution in [0.15, 0.2) is 17.1 Å². The summed E-state index contributed by atoms with van der Waals surface area (Å²) in [4.78, 5) is 19.1. The van der Waals surface area contributed by atoms with Crippen LogP contribution in [-0.2, 0) is 22.6 Å². The Hall–Kier alpha value is -1.62. The third kappa shape index (κ3) is 6.24. The van der Waals surface area contributed by atoms with Gasteiger partial charge in [-0.15, -0.1) is 24.0 Å². The summed E-state index contributed by atoms with van der Waals surface area (Å²) >= 11 is 0. The first-order valence-corrected chi connectivity index (χ1v) is 11.4. The molecule has 0 aromatic heterocycles. The number of likely N-dealkylation sites (tertiary alicyclic amines) is 1. The molecule has 2 fully saturated rings. The Bertz CT molecular complexity index is 817. The normalized spacial score (nSPS) is 21.4. The summed E-state index contributed by atoms with van der Waals surface area (Å²) in [6.45, 7) is 2.69. The van der Waals surface area contributed by atoms with E-state index in [1.54, 1.807) is 7.05 Å². The van der Waals surface area contributed by atoms with Crippen LogP contribution in [0.25, 0.3) is 0 Å². The SMILES string of the molecule is CN=C(NCCc1cc(F)cc2c1OCOC2)NC1CCN(C(=O)C2CCCCC2)C1.I. The fraction of sp³-hybridized carbons (Fsp3) is 0.652. The van der Waals surface area contributed by atoms with Crippen LogP contribution in [0.4, 0.5) is 4.39 Å². The zero-order chi connectivity index (χ0) is 21.6. The standard InChI is InChI=1S/C23H33FN4O3.HI/c1-25-23(26-9-7-17-11-19(24)12-18-14-30-15-31-21(17)18)27-20-8-10-28(13-20)22(29)16-5-3-2-4-6-16;/h11-12,16,20H,2-10,13-15H2,1H3,(H2,25,26,27);1H. The molecule has 1 saturated heterocycles. The van der Waals surface area contributed by atoms with Crippen molar-refractivity contribution in [2.45, 2.75) is 57.6 Å². The van der Waals surface area contributed by atoms with Crippen molar-refractivity contribution in [3.05, 3.63) is 29.1 Å². The van der Waals surface area contributed by atoms with E-state index >= 15 is 0 Å². The molecule has 4 rings (SSSR count). The quantitative estimate of drug-likeness (QED) is 0.329. The second-order valence-electron chi connectivity index (χ2n) is 8.66. The number of carbonyl (C=O) groups is 1. The van der Waals surface area contributed by atoms with Crippen molar-refractivity contribution in [2.24, 2.45) is 10.9 Å². The molecule has 32 heavy (non-hydrogen) atoms. The molecule has 3 aliphatic rings. The Labute approximate surface area is 206 Å². The van der Waals surface area contributed by atoms with Crippen molar-refractivity contribution in [2.75, 3.05) is 33.5 Å². The molecule has 2 aliphatic heterocycles. The van der Waals surface area contributed by atoms with Crippen LogP contribution in [0.5, 0.6) is 5.75 Å². The van der Waals surface area contributed by atoms with Crippen molar-refractivity contribution in [1.82, 2.24) is 15.5 Å². The summed E-state index contributed by atoms with van der Waals surface area (Å²) in [6.07, 6.45) is 7.22. The molecule has 1 aromatic carbocycles. The summed E-state index contributed by atoms with van der Waals surface area (Å²) in [6, 6.07) is 3.18. The highest BCUT2D eigenvalue weighted by atomic mass is 127. The third-order valence-corrected chi connectivity index (χ3v) is 6.46. The summed E-state index contributed by atoms with van der Waals surface area (Å²) in [5.74, 6) is 1.69. The number of nitrogens with zero attached hydrogens (tertiary/aromatic N) is 2. The van der Waals surface area contributed by atoms with Gasteiger partial charge in [-0.1, -0.05) is 19.3 Å². The maximum absolute atomic E-state index is 13.9. The van der Waals surface area contributed by atoms with E-state index < -0.39 is 0 Å². The van der Waals surface area contributed by atoms with Crippen LogP contribution < -0.4 is 15.4 Å². The molecule has 2 N–H and O–H groups in total. The number of halogens is 2. The smallest absolute Gasteiger partial charge is 0.225 e. The average Bonchev–Trinajstić information content (AvgIpc) is 3.26. The summed E-state index contributed by atoms with van der Waals surface area (Å²) in [5.41, 5.74) is 1.57. The van der Waals surface area contributed by atoms with Crippen molar-refractivity contribution in [1.29, 1.82) is 0 Å². The first-order chi connectivity index (χ1) is 15.1. The Morgan fingerprint density at radius 3 is 2.84 bits per heavy atom. The van der Waals surface area contributed by atoms with Gasteiger partial charge >= 0.3 is 0 Å². The van der Waals surface area contributed by atoms with Crippen LogP contribution >= 0.6 is 24.0 Å². The van der Waals surface area contributed by atoms with Crippen LogP contribution in [-0.4, -0.2) is 56.3 Å². The van der Waals surface area contributed by atoms with Gasteiger partial charge in [-0.3, -0.25) is 9.79 Å². The van der Waals surface area contributed by atoms with E-state index in [2.05, 4.69) is 15.6 Å². The lowest BCUT2D eigenvalue weighted by Gasteiger charge is -2.26. The molecule has 1 atom stereocenters. The lowest BCUT2D eigenvalue weighted by atomic mass is 9.88. The molecule has 1 amide bonds. The molecular formula is C23H34FIN4O3. The summed E-state index contributed by atoms with van der Waals surface area (Å²) in [5, 5.41) is 6.74. The maximum atomic E-state index is 13.9. The fourth-order valence-corrected chi connectivity index (χ4v) is 4.83. The van der Waals surface area contributed by atoms with Gasteiger partial charge in [-0.25, -0.2) is 4.39 Å². The van der Waals surface area contributed by atoms with Gasteiger partial charge in [0.25, 0.3) is 0 Å². The summed E-state index contributed by atoms with van der Waals surface area (Å²) < 4.78 is 24.7. The molecule has 1 saturated carbocycles.